The van der Waals surface area contributed by atoms with E-state index in [0.717, 1.165) is 15.6 Å². The van der Waals surface area contributed by atoms with Crippen molar-refractivity contribution in [2.75, 3.05) is 26.4 Å². The Kier molecular flexibility index (Phi) is 10.6. The molecule has 0 amide bonds. The molecule has 0 atom stereocenters. The van der Waals surface area contributed by atoms with Gasteiger partial charge in [0.2, 0.25) is 0 Å². The Balaban J connectivity index is 1.57. The highest BCUT2D eigenvalue weighted by Crippen LogP contribution is 2.52. The van der Waals surface area contributed by atoms with Gasteiger partial charge in [-0.3, -0.25) is 9.59 Å². The van der Waals surface area contributed by atoms with Crippen LogP contribution in [-0.2, 0) is 43.5 Å². The molecule has 1 heterocycles. The van der Waals surface area contributed by atoms with Crippen LogP contribution < -0.4 is 0 Å². The molecule has 0 spiro atoms. The molecular weight excluding hydrogens is 632 g/mol. The third-order valence-corrected chi connectivity index (χ3v) is 7.64. The molecule has 4 rings (SSSR count). The fourth-order valence-corrected chi connectivity index (χ4v) is 5.36. The van der Waals surface area contributed by atoms with Gasteiger partial charge in [0.1, 0.15) is 26.4 Å². The standard InChI is InChI=1S/C33H33BrN2O8/c1-20(2)31(39)43-17-15-41-27(37)11-13-33(14-12-28(38)42-16-18-44-32(40)21(3)4)24-8-6-5-7-23(24)29-30(33)36-26-19-22(34)9-10-25(26)35-29/h5-10,19H,1,3,11-18H2,2,4H3. The molecule has 0 unspecified atom stereocenters. The Morgan fingerprint density at radius 1 is 0.750 bits per heavy atom. The fourth-order valence-electron chi connectivity index (χ4n) is 5.02. The molecule has 0 saturated carbocycles. The highest BCUT2D eigenvalue weighted by atomic mass is 79.9. The Bertz CT molecular complexity index is 1580. The number of esters is 4. The second-order valence-corrected chi connectivity index (χ2v) is 11.4. The molecule has 11 heteroatoms. The Hall–Kier alpha value is -4.38. The van der Waals surface area contributed by atoms with Crippen LogP contribution >= 0.6 is 15.9 Å². The van der Waals surface area contributed by atoms with E-state index < -0.39 is 29.3 Å². The molecule has 1 aliphatic carbocycles. The minimum absolute atomic E-state index is 0.00626. The number of benzene rings is 2. The van der Waals surface area contributed by atoms with Gasteiger partial charge in [0.25, 0.3) is 0 Å². The second kappa shape index (κ2) is 14.4. The maximum atomic E-state index is 12.9. The van der Waals surface area contributed by atoms with Gasteiger partial charge in [0, 0.05) is 39.4 Å². The van der Waals surface area contributed by atoms with Crippen molar-refractivity contribution in [3.05, 3.63) is 82.5 Å². The second-order valence-electron chi connectivity index (χ2n) is 10.5. The molecule has 44 heavy (non-hydrogen) atoms. The summed E-state index contributed by atoms with van der Waals surface area (Å²) in [6, 6.07) is 13.4. The summed E-state index contributed by atoms with van der Waals surface area (Å²) in [7, 11) is 0. The summed E-state index contributed by atoms with van der Waals surface area (Å²) in [5, 5.41) is 0. The Labute approximate surface area is 263 Å². The number of fused-ring (bicyclic) bond motifs is 4. The van der Waals surface area contributed by atoms with E-state index >= 15 is 0 Å². The van der Waals surface area contributed by atoms with Crippen molar-refractivity contribution < 1.29 is 38.1 Å². The largest absolute Gasteiger partial charge is 0.462 e. The number of carbonyl (C=O) groups excluding carboxylic acids is 4. The normalized spacial score (nSPS) is 12.5. The van der Waals surface area contributed by atoms with E-state index in [-0.39, 0.29) is 63.3 Å². The molecule has 3 aromatic rings. The molecule has 1 aliphatic rings. The molecule has 0 saturated heterocycles. The van der Waals surface area contributed by atoms with Crippen LogP contribution in [-0.4, -0.2) is 60.3 Å². The zero-order chi connectivity index (χ0) is 31.9. The first kappa shape index (κ1) is 32.5. The lowest BCUT2D eigenvalue weighted by atomic mass is 9.73. The number of carbonyl (C=O) groups is 4. The van der Waals surface area contributed by atoms with Crippen LogP contribution in [0.1, 0.15) is 50.8 Å². The number of aromatic nitrogens is 2. The Morgan fingerprint density at radius 3 is 1.86 bits per heavy atom. The predicted molar refractivity (Wildman–Crippen MR) is 165 cm³/mol. The van der Waals surface area contributed by atoms with Crippen LogP contribution in [0.25, 0.3) is 22.3 Å². The average molecular weight is 666 g/mol. The first-order valence-corrected chi connectivity index (χ1v) is 14.9. The maximum Gasteiger partial charge on any atom is 0.333 e. The third kappa shape index (κ3) is 7.57. The quantitative estimate of drug-likeness (QED) is 0.0936. The zero-order valence-electron chi connectivity index (χ0n) is 24.7. The summed E-state index contributed by atoms with van der Waals surface area (Å²) in [4.78, 5) is 58.9. The lowest BCUT2D eigenvalue weighted by Gasteiger charge is -2.30. The number of rotatable bonds is 14. The summed E-state index contributed by atoms with van der Waals surface area (Å²) in [6.45, 7) is 9.73. The molecular formula is C33H33BrN2O8. The van der Waals surface area contributed by atoms with Gasteiger partial charge in [-0.1, -0.05) is 53.4 Å². The fraction of sp³-hybridized carbons (Fsp3) is 0.333. The van der Waals surface area contributed by atoms with Crippen LogP contribution in [0.15, 0.2) is 71.2 Å². The highest BCUT2D eigenvalue weighted by molar-refractivity contribution is 9.10. The smallest absolute Gasteiger partial charge is 0.333 e. The molecule has 230 valence electrons. The van der Waals surface area contributed by atoms with E-state index in [4.69, 9.17) is 28.9 Å². The van der Waals surface area contributed by atoms with Crippen molar-refractivity contribution in [2.24, 2.45) is 0 Å². The first-order valence-electron chi connectivity index (χ1n) is 14.1. The highest BCUT2D eigenvalue weighted by Gasteiger charge is 2.46. The van der Waals surface area contributed by atoms with Gasteiger partial charge in [0.05, 0.1) is 22.4 Å². The zero-order valence-corrected chi connectivity index (χ0v) is 26.2. The van der Waals surface area contributed by atoms with E-state index in [9.17, 15) is 19.2 Å². The van der Waals surface area contributed by atoms with Crippen molar-refractivity contribution >= 4 is 50.8 Å². The number of nitrogens with zero attached hydrogens (tertiary/aromatic N) is 2. The monoisotopic (exact) mass is 664 g/mol. The van der Waals surface area contributed by atoms with Crippen molar-refractivity contribution in [3.63, 3.8) is 0 Å². The summed E-state index contributed by atoms with van der Waals surface area (Å²) >= 11 is 3.50. The molecule has 1 aromatic heterocycles. The number of halogens is 1. The predicted octanol–water partition coefficient (Wildman–Crippen LogP) is 5.54. The lowest BCUT2D eigenvalue weighted by molar-refractivity contribution is -0.150. The van der Waals surface area contributed by atoms with Crippen molar-refractivity contribution in [2.45, 2.75) is 44.9 Å². The molecule has 0 radical (unpaired) electrons. The molecule has 0 fully saturated rings. The van der Waals surface area contributed by atoms with E-state index in [2.05, 4.69) is 29.1 Å². The SMILES string of the molecule is C=C(C)C(=O)OCCOC(=O)CCC1(CCC(=O)OCCOC(=O)C(=C)C)c2ccccc2-c2nc3ccc(Br)cc3nc21. The van der Waals surface area contributed by atoms with Gasteiger partial charge in [-0.05, 0) is 50.5 Å². The molecule has 0 N–H and O–H groups in total. The van der Waals surface area contributed by atoms with E-state index in [0.29, 0.717) is 22.4 Å². The molecule has 10 nitrogen and oxygen atoms in total. The van der Waals surface area contributed by atoms with Gasteiger partial charge in [-0.15, -0.1) is 0 Å². The minimum atomic E-state index is -0.855. The Morgan fingerprint density at radius 2 is 1.30 bits per heavy atom. The van der Waals surface area contributed by atoms with Gasteiger partial charge in [0.15, 0.2) is 0 Å². The molecule has 2 aromatic carbocycles. The summed E-state index contributed by atoms with van der Waals surface area (Å²) in [6.07, 6.45) is 0.566. The maximum absolute atomic E-state index is 12.9. The topological polar surface area (TPSA) is 131 Å². The lowest BCUT2D eigenvalue weighted by Crippen LogP contribution is -2.29. The summed E-state index contributed by atoms with van der Waals surface area (Å²) < 4.78 is 21.5. The summed E-state index contributed by atoms with van der Waals surface area (Å²) in [5.74, 6) is -2.09. The molecule has 0 aliphatic heterocycles. The molecule has 0 bridgehead atoms. The van der Waals surface area contributed by atoms with E-state index in [1.165, 1.54) is 13.8 Å². The van der Waals surface area contributed by atoms with Crippen LogP contribution in [0, 0.1) is 0 Å². The third-order valence-electron chi connectivity index (χ3n) is 7.15. The van der Waals surface area contributed by atoms with Crippen molar-refractivity contribution in [1.29, 1.82) is 0 Å². The van der Waals surface area contributed by atoms with Crippen LogP contribution in [0.5, 0.6) is 0 Å². The van der Waals surface area contributed by atoms with Crippen LogP contribution in [0.3, 0.4) is 0 Å². The number of hydrogen-bond donors (Lipinski definition) is 0. The minimum Gasteiger partial charge on any atom is -0.462 e. The number of hydrogen-bond acceptors (Lipinski definition) is 10. The van der Waals surface area contributed by atoms with Crippen molar-refractivity contribution in [3.8, 4) is 11.3 Å². The van der Waals surface area contributed by atoms with E-state index in [1.807, 2.05) is 42.5 Å². The van der Waals surface area contributed by atoms with Gasteiger partial charge in [-0.2, -0.15) is 0 Å². The van der Waals surface area contributed by atoms with E-state index in [1.54, 1.807) is 0 Å². The van der Waals surface area contributed by atoms with Gasteiger partial charge >= 0.3 is 23.9 Å². The average Bonchev–Trinajstić information content (AvgIpc) is 3.26. The number of ether oxygens (including phenoxy) is 4. The van der Waals surface area contributed by atoms with Crippen LogP contribution in [0.4, 0.5) is 0 Å². The van der Waals surface area contributed by atoms with Crippen molar-refractivity contribution in [1.82, 2.24) is 9.97 Å². The van der Waals surface area contributed by atoms with Crippen LogP contribution in [0.2, 0.25) is 0 Å². The van der Waals surface area contributed by atoms with Gasteiger partial charge < -0.3 is 18.9 Å². The summed E-state index contributed by atoms with van der Waals surface area (Å²) in [5.41, 5.74) is 4.16. The van der Waals surface area contributed by atoms with Gasteiger partial charge in [-0.25, -0.2) is 19.6 Å². The first-order chi connectivity index (χ1) is 21.0.